The van der Waals surface area contributed by atoms with Crippen LogP contribution in [0.4, 0.5) is 0 Å². The van der Waals surface area contributed by atoms with Crippen LogP contribution in [-0.2, 0) is 17.8 Å². The molecule has 0 saturated carbocycles. The van der Waals surface area contributed by atoms with Crippen molar-refractivity contribution in [1.82, 2.24) is 19.9 Å². The highest BCUT2D eigenvalue weighted by Crippen LogP contribution is 2.36. The predicted molar refractivity (Wildman–Crippen MR) is 154 cm³/mol. The summed E-state index contributed by atoms with van der Waals surface area (Å²) in [5.74, 6) is -1.98. The number of carboxylic acid groups (broad SMARTS) is 1. The van der Waals surface area contributed by atoms with Gasteiger partial charge in [0, 0.05) is 35.8 Å². The number of aromatic hydroxyl groups is 1. The molecule has 0 aliphatic carbocycles. The highest BCUT2D eigenvalue weighted by molar-refractivity contribution is 7.07. The highest BCUT2D eigenvalue weighted by Gasteiger charge is 2.25. The van der Waals surface area contributed by atoms with Crippen molar-refractivity contribution >= 4 is 34.1 Å². The van der Waals surface area contributed by atoms with Crippen LogP contribution in [0.3, 0.4) is 0 Å². The van der Waals surface area contributed by atoms with Crippen LogP contribution in [0, 0.1) is 0 Å². The number of hydrogen-bond acceptors (Lipinski definition) is 7. The summed E-state index contributed by atoms with van der Waals surface area (Å²) < 4.78 is 1.60. The fourth-order valence-electron chi connectivity index (χ4n) is 4.56. The first-order valence-corrected chi connectivity index (χ1v) is 13.7. The van der Waals surface area contributed by atoms with E-state index in [4.69, 9.17) is 5.11 Å². The third-order valence-electron chi connectivity index (χ3n) is 6.51. The summed E-state index contributed by atoms with van der Waals surface area (Å²) in [4.78, 5) is 46.9. The number of pyridine rings is 2. The molecule has 202 valence electrons. The first-order chi connectivity index (χ1) is 19.4. The van der Waals surface area contributed by atoms with E-state index in [0.717, 1.165) is 5.56 Å². The van der Waals surface area contributed by atoms with E-state index in [9.17, 15) is 19.5 Å². The number of aromatic nitrogens is 3. The number of carbonyl (C=O) groups is 2. The summed E-state index contributed by atoms with van der Waals surface area (Å²) in [7, 11) is 0. The van der Waals surface area contributed by atoms with E-state index in [1.807, 2.05) is 60.7 Å². The number of carbonyl (C=O) groups excluding carboxylic acids is 1. The minimum atomic E-state index is -0.964. The molecule has 10 heteroatoms. The second-order valence-corrected chi connectivity index (χ2v) is 9.88. The Morgan fingerprint density at radius 2 is 1.75 bits per heavy atom. The number of thiazole rings is 1. The molecule has 0 spiro atoms. The van der Waals surface area contributed by atoms with Crippen LogP contribution in [-0.4, -0.2) is 43.2 Å². The zero-order valence-corrected chi connectivity index (χ0v) is 22.2. The summed E-state index contributed by atoms with van der Waals surface area (Å²) in [5.41, 5.74) is 4.39. The van der Waals surface area contributed by atoms with Gasteiger partial charge in [0.2, 0.25) is 0 Å². The number of fused-ring (bicyclic) bond motifs is 1. The van der Waals surface area contributed by atoms with E-state index in [2.05, 4.69) is 15.3 Å². The molecule has 1 amide bonds. The maximum atomic E-state index is 14.0. The molecule has 40 heavy (non-hydrogen) atoms. The first kappa shape index (κ1) is 26.8. The van der Waals surface area contributed by atoms with Gasteiger partial charge in [-0.05, 0) is 30.0 Å². The Morgan fingerprint density at radius 1 is 1.02 bits per heavy atom. The van der Waals surface area contributed by atoms with E-state index in [0.29, 0.717) is 46.4 Å². The van der Waals surface area contributed by atoms with E-state index < -0.39 is 11.9 Å². The number of aliphatic carboxylic acids is 1. The number of carboxylic acids is 1. The molecule has 5 rings (SSSR count). The molecule has 3 aromatic heterocycles. The Bertz CT molecular complexity index is 1720. The second kappa shape index (κ2) is 11.9. The van der Waals surface area contributed by atoms with Crippen LogP contribution in [0.25, 0.3) is 33.4 Å². The van der Waals surface area contributed by atoms with Crippen molar-refractivity contribution in [3.63, 3.8) is 0 Å². The molecule has 0 fully saturated rings. The summed E-state index contributed by atoms with van der Waals surface area (Å²) in [6.45, 7) is 0.404. The van der Waals surface area contributed by atoms with Gasteiger partial charge in [-0.25, -0.2) is 9.97 Å². The fourth-order valence-corrected chi connectivity index (χ4v) is 5.10. The molecule has 0 radical (unpaired) electrons. The molecule has 3 N–H and O–H groups in total. The van der Waals surface area contributed by atoms with Crippen LogP contribution >= 0.6 is 11.3 Å². The molecule has 0 atom stereocenters. The lowest BCUT2D eigenvalue weighted by atomic mass is 10.0. The molecule has 0 aliphatic heterocycles. The average molecular weight is 555 g/mol. The molecule has 2 aromatic carbocycles. The molecule has 5 aromatic rings. The molecule has 0 aliphatic rings. The van der Waals surface area contributed by atoms with Crippen molar-refractivity contribution in [2.24, 2.45) is 0 Å². The normalized spacial score (nSPS) is 11.0. The van der Waals surface area contributed by atoms with Crippen LogP contribution in [0.5, 0.6) is 5.75 Å². The van der Waals surface area contributed by atoms with Crippen LogP contribution in [0.1, 0.15) is 28.9 Å². The number of nitrogens with one attached hydrogen (secondary N) is 1. The van der Waals surface area contributed by atoms with Crippen molar-refractivity contribution in [3.8, 4) is 28.3 Å². The van der Waals surface area contributed by atoms with Crippen molar-refractivity contribution in [3.05, 3.63) is 99.2 Å². The van der Waals surface area contributed by atoms with Gasteiger partial charge >= 0.3 is 5.97 Å². The number of nitrogens with zero attached hydrogens (tertiary/aromatic N) is 3. The fraction of sp³-hybridized carbons (Fsp3) is 0.167. The lowest BCUT2D eigenvalue weighted by molar-refractivity contribution is -0.137. The lowest BCUT2D eigenvalue weighted by Crippen LogP contribution is -2.27. The summed E-state index contributed by atoms with van der Waals surface area (Å²) in [6.07, 6.45) is 0.679. The van der Waals surface area contributed by atoms with Gasteiger partial charge in [-0.1, -0.05) is 60.7 Å². The zero-order valence-electron chi connectivity index (χ0n) is 21.4. The van der Waals surface area contributed by atoms with Gasteiger partial charge in [0.25, 0.3) is 11.5 Å². The van der Waals surface area contributed by atoms with Crippen molar-refractivity contribution < 1.29 is 19.8 Å². The van der Waals surface area contributed by atoms with Crippen molar-refractivity contribution in [2.75, 3.05) is 6.54 Å². The molecule has 0 bridgehead atoms. The third-order valence-corrected chi connectivity index (χ3v) is 7.10. The number of aryl methyl sites for hydroxylation is 2. The Labute approximate surface area is 233 Å². The van der Waals surface area contributed by atoms with Crippen LogP contribution in [0.15, 0.2) is 82.4 Å². The summed E-state index contributed by atoms with van der Waals surface area (Å²) in [6, 6.07) is 20.5. The van der Waals surface area contributed by atoms with Gasteiger partial charge in [-0.2, -0.15) is 0 Å². The SMILES string of the molecule is O=C(O)CCCNC(=O)c1nc(-c2cscn2)c2c(cc(-c3ccccc3)c(=O)n2CCc2ccccc2)c1O. The molecular formula is C30H26N4O5S. The van der Waals surface area contributed by atoms with Crippen LogP contribution in [0.2, 0.25) is 0 Å². The maximum absolute atomic E-state index is 14.0. The number of benzene rings is 2. The topological polar surface area (TPSA) is 134 Å². The van der Waals surface area contributed by atoms with E-state index >= 15 is 0 Å². The van der Waals surface area contributed by atoms with Gasteiger partial charge in [0.15, 0.2) is 11.4 Å². The first-order valence-electron chi connectivity index (χ1n) is 12.7. The molecule has 0 unspecified atom stereocenters. The van der Waals surface area contributed by atoms with Gasteiger partial charge in [-0.15, -0.1) is 11.3 Å². The maximum Gasteiger partial charge on any atom is 0.303 e. The summed E-state index contributed by atoms with van der Waals surface area (Å²) >= 11 is 1.34. The largest absolute Gasteiger partial charge is 0.505 e. The third kappa shape index (κ3) is 5.62. The molecule has 9 nitrogen and oxygen atoms in total. The van der Waals surface area contributed by atoms with Crippen molar-refractivity contribution in [1.29, 1.82) is 0 Å². The lowest BCUT2D eigenvalue weighted by Gasteiger charge is -2.18. The highest BCUT2D eigenvalue weighted by atomic mass is 32.1. The number of hydrogen-bond donors (Lipinski definition) is 3. The summed E-state index contributed by atoms with van der Waals surface area (Å²) in [5, 5.41) is 25.0. The van der Waals surface area contributed by atoms with Crippen LogP contribution < -0.4 is 10.9 Å². The number of rotatable bonds is 10. The molecular weight excluding hydrogens is 528 g/mol. The van der Waals surface area contributed by atoms with Gasteiger partial charge in [0.1, 0.15) is 11.4 Å². The number of amides is 1. The Hall–Kier alpha value is -4.83. The standard InChI is InChI=1S/C30H26N4O5S/c35-24(36)12-7-14-31-29(38)26-28(37)22-16-21(20-10-5-2-6-11-20)30(39)34(15-13-19-8-3-1-4-9-19)27(22)25(33-26)23-17-40-18-32-23/h1-6,8-11,16-18,37H,7,12-15H2,(H,31,38)(H,35,36). The molecule has 3 heterocycles. The minimum Gasteiger partial charge on any atom is -0.505 e. The predicted octanol–water partition coefficient (Wildman–Crippen LogP) is 4.73. The zero-order chi connectivity index (χ0) is 28.1. The van der Waals surface area contributed by atoms with Gasteiger partial charge in [0.05, 0.1) is 11.0 Å². The quantitative estimate of drug-likeness (QED) is 0.213. The van der Waals surface area contributed by atoms with E-state index in [-0.39, 0.29) is 36.4 Å². The Morgan fingerprint density at radius 3 is 2.42 bits per heavy atom. The molecule has 0 saturated heterocycles. The Kier molecular flexibility index (Phi) is 7.97. The monoisotopic (exact) mass is 554 g/mol. The average Bonchev–Trinajstić information content (AvgIpc) is 3.51. The minimum absolute atomic E-state index is 0.0994. The van der Waals surface area contributed by atoms with E-state index in [1.165, 1.54) is 11.3 Å². The van der Waals surface area contributed by atoms with Gasteiger partial charge in [-0.3, -0.25) is 14.4 Å². The van der Waals surface area contributed by atoms with Gasteiger partial charge < -0.3 is 20.1 Å². The Balaban J connectivity index is 1.71. The smallest absolute Gasteiger partial charge is 0.303 e. The van der Waals surface area contributed by atoms with E-state index in [1.54, 1.807) is 21.5 Å². The van der Waals surface area contributed by atoms with Crippen molar-refractivity contribution in [2.45, 2.75) is 25.8 Å². The second-order valence-electron chi connectivity index (χ2n) is 9.16.